The van der Waals surface area contributed by atoms with Gasteiger partial charge in [-0.2, -0.15) is 0 Å². The summed E-state index contributed by atoms with van der Waals surface area (Å²) in [6.45, 7) is 12.3. The molecule has 1 aliphatic heterocycles. The van der Waals surface area contributed by atoms with Gasteiger partial charge in [0.2, 0.25) is 0 Å². The summed E-state index contributed by atoms with van der Waals surface area (Å²) < 4.78 is 8.94. The number of rotatable bonds is 11. The van der Waals surface area contributed by atoms with Gasteiger partial charge in [-0.3, -0.25) is 10.2 Å². The molecule has 6 heteroatoms. The van der Waals surface area contributed by atoms with Crippen LogP contribution in [0.4, 0.5) is 0 Å². The fourth-order valence-electron chi connectivity index (χ4n) is 4.83. The minimum absolute atomic E-state index is 0.0165. The molecule has 0 aromatic rings. The van der Waals surface area contributed by atoms with Crippen molar-refractivity contribution >= 4 is 11.9 Å². The highest BCUT2D eigenvalue weighted by molar-refractivity contribution is 7.96. The van der Waals surface area contributed by atoms with E-state index in [-0.39, 0.29) is 17.9 Å². The van der Waals surface area contributed by atoms with Crippen LogP contribution < -0.4 is 10.6 Å². The Morgan fingerprint density at radius 2 is 2.13 bits per heavy atom. The number of ether oxygens (including phenoxy) is 1. The highest BCUT2D eigenvalue weighted by Crippen LogP contribution is 2.41. The molecule has 2 N–H and O–H groups in total. The van der Waals surface area contributed by atoms with Crippen molar-refractivity contribution in [2.45, 2.75) is 77.3 Å². The molecule has 1 saturated carbocycles. The summed E-state index contributed by atoms with van der Waals surface area (Å²) >= 11 is 1.78. The molecular formula is C24H44N4OS. The first kappa shape index (κ1) is 24.1. The van der Waals surface area contributed by atoms with Crippen LogP contribution in [0.15, 0.2) is 23.4 Å². The van der Waals surface area contributed by atoms with Gasteiger partial charge >= 0.3 is 0 Å². The molecule has 5 nitrogen and oxygen atoms in total. The lowest BCUT2D eigenvalue weighted by Crippen LogP contribution is -2.49. The molecule has 0 amide bonds. The third-order valence-electron chi connectivity index (χ3n) is 7.37. The maximum Gasteiger partial charge on any atom is 0.124 e. The molecule has 0 radical (unpaired) electrons. The Kier molecular flexibility index (Phi) is 8.35. The van der Waals surface area contributed by atoms with Gasteiger partial charge in [0.05, 0.1) is 6.10 Å². The first-order valence-corrected chi connectivity index (χ1v) is 13.0. The van der Waals surface area contributed by atoms with Gasteiger partial charge < -0.3 is 14.4 Å². The van der Waals surface area contributed by atoms with E-state index >= 15 is 0 Å². The van der Waals surface area contributed by atoms with Crippen molar-refractivity contribution in [3.63, 3.8) is 0 Å². The average Bonchev–Trinajstić information content (AvgIpc) is 3.18. The molecule has 2 fully saturated rings. The summed E-state index contributed by atoms with van der Waals surface area (Å²) in [7, 11) is 4.48. The maximum absolute atomic E-state index is 6.63. The average molecular weight is 437 g/mol. The predicted octanol–water partition coefficient (Wildman–Crippen LogP) is 3.85. The molecular weight excluding hydrogens is 392 g/mol. The van der Waals surface area contributed by atoms with E-state index < -0.39 is 0 Å². The lowest BCUT2D eigenvalue weighted by atomic mass is 9.84. The molecule has 6 unspecified atom stereocenters. The van der Waals surface area contributed by atoms with Gasteiger partial charge in [-0.1, -0.05) is 31.9 Å². The van der Waals surface area contributed by atoms with E-state index in [1.807, 2.05) is 0 Å². The molecule has 1 heterocycles. The van der Waals surface area contributed by atoms with Gasteiger partial charge in [0.25, 0.3) is 0 Å². The van der Waals surface area contributed by atoms with E-state index in [0.717, 1.165) is 31.3 Å². The van der Waals surface area contributed by atoms with Crippen molar-refractivity contribution in [3.05, 3.63) is 23.4 Å². The Morgan fingerprint density at radius 1 is 1.40 bits per heavy atom. The number of nitrogens with zero attached hydrogens (tertiary/aromatic N) is 2. The van der Waals surface area contributed by atoms with Crippen molar-refractivity contribution in [2.24, 2.45) is 11.8 Å². The van der Waals surface area contributed by atoms with Crippen molar-refractivity contribution in [3.8, 4) is 0 Å². The van der Waals surface area contributed by atoms with Crippen LogP contribution in [0, 0.1) is 11.8 Å². The van der Waals surface area contributed by atoms with E-state index in [9.17, 15) is 0 Å². The molecule has 172 valence electrons. The summed E-state index contributed by atoms with van der Waals surface area (Å²) in [4.78, 5) is 2.58. The van der Waals surface area contributed by atoms with Crippen LogP contribution >= 0.6 is 11.9 Å². The van der Waals surface area contributed by atoms with E-state index in [0.29, 0.717) is 6.04 Å². The molecule has 30 heavy (non-hydrogen) atoms. The standard InChI is InChI=1S/C24H44N4OS/c1-8-25-23(22-10-9-11-26-22)29-18(3)19-13-21(28(6)30-7)15-24(4,14-19)27(5)16-20-12-17(20)2/h13-14,17-18,20,22-23,25-26H,8-12,15-16H2,1-7H3. The van der Waals surface area contributed by atoms with Crippen molar-refractivity contribution in [2.75, 3.05) is 40.0 Å². The molecule has 0 bridgehead atoms. The molecule has 3 aliphatic rings. The van der Waals surface area contributed by atoms with Gasteiger partial charge in [-0.05, 0) is 76.7 Å². The normalized spacial score (nSPS) is 33.3. The van der Waals surface area contributed by atoms with Crippen LogP contribution in [0.1, 0.15) is 53.4 Å². The van der Waals surface area contributed by atoms with Crippen molar-refractivity contribution in [1.29, 1.82) is 0 Å². The first-order valence-electron chi connectivity index (χ1n) is 11.8. The smallest absolute Gasteiger partial charge is 0.124 e. The second-order valence-electron chi connectivity index (χ2n) is 9.81. The fraction of sp³-hybridized carbons (Fsp3) is 0.833. The van der Waals surface area contributed by atoms with E-state index in [1.54, 1.807) is 11.9 Å². The molecule has 1 saturated heterocycles. The zero-order chi connectivity index (χ0) is 21.9. The monoisotopic (exact) mass is 436 g/mol. The molecule has 0 aromatic carbocycles. The summed E-state index contributed by atoms with van der Waals surface area (Å²) in [5.74, 6) is 1.74. The van der Waals surface area contributed by atoms with E-state index in [2.05, 4.69) is 80.0 Å². The molecule has 3 rings (SSSR count). The quantitative estimate of drug-likeness (QED) is 0.379. The van der Waals surface area contributed by atoms with Crippen LogP contribution in [0.25, 0.3) is 0 Å². The number of hydrogen-bond acceptors (Lipinski definition) is 6. The minimum atomic E-state index is 0.0165. The Morgan fingerprint density at radius 3 is 2.70 bits per heavy atom. The Labute approximate surface area is 189 Å². The van der Waals surface area contributed by atoms with Gasteiger partial charge in [-0.25, -0.2) is 0 Å². The van der Waals surface area contributed by atoms with Crippen LogP contribution in [0.3, 0.4) is 0 Å². The number of nitrogens with one attached hydrogen (secondary N) is 2. The highest BCUT2D eigenvalue weighted by atomic mass is 32.2. The van der Waals surface area contributed by atoms with Crippen molar-refractivity contribution in [1.82, 2.24) is 19.8 Å². The van der Waals surface area contributed by atoms with Crippen LogP contribution in [-0.2, 0) is 4.74 Å². The van der Waals surface area contributed by atoms with Gasteiger partial charge in [0.15, 0.2) is 0 Å². The molecule has 6 atom stereocenters. The second-order valence-corrected chi connectivity index (χ2v) is 10.7. The maximum atomic E-state index is 6.63. The lowest BCUT2D eigenvalue weighted by molar-refractivity contribution is -0.0211. The van der Waals surface area contributed by atoms with Crippen LogP contribution in [-0.4, -0.2) is 73.1 Å². The lowest BCUT2D eigenvalue weighted by Gasteiger charge is -2.42. The third-order valence-corrected chi connectivity index (χ3v) is 8.16. The topological polar surface area (TPSA) is 39.8 Å². The number of hydrogen-bond donors (Lipinski definition) is 2. The predicted molar refractivity (Wildman–Crippen MR) is 129 cm³/mol. The summed E-state index contributed by atoms with van der Waals surface area (Å²) in [5.41, 5.74) is 2.70. The van der Waals surface area contributed by atoms with Crippen LogP contribution in [0.2, 0.25) is 0 Å². The van der Waals surface area contributed by atoms with Gasteiger partial charge in [-0.15, -0.1) is 0 Å². The van der Waals surface area contributed by atoms with E-state index in [1.165, 1.54) is 37.1 Å². The Balaban J connectivity index is 1.78. The van der Waals surface area contributed by atoms with Gasteiger partial charge in [0, 0.05) is 43.5 Å². The Bertz CT molecular complexity index is 633. The third kappa shape index (κ3) is 5.83. The van der Waals surface area contributed by atoms with E-state index in [4.69, 9.17) is 4.74 Å². The largest absolute Gasteiger partial charge is 0.354 e. The van der Waals surface area contributed by atoms with Gasteiger partial charge in [0.1, 0.15) is 6.23 Å². The SMILES string of the molecule is CCNC(OC(C)C1=CC(C)(N(C)CC2CC2C)CC(N(C)SC)=C1)C1CCCN1. The van der Waals surface area contributed by atoms with Crippen molar-refractivity contribution < 1.29 is 4.74 Å². The summed E-state index contributed by atoms with van der Waals surface area (Å²) in [6, 6.07) is 0.402. The summed E-state index contributed by atoms with van der Waals surface area (Å²) in [6.07, 6.45) is 11.9. The fourth-order valence-corrected chi connectivity index (χ4v) is 5.18. The molecule has 0 spiro atoms. The first-order chi connectivity index (χ1) is 14.3. The highest BCUT2D eigenvalue weighted by Gasteiger charge is 2.39. The summed E-state index contributed by atoms with van der Waals surface area (Å²) in [5, 5.41) is 7.18. The zero-order valence-electron chi connectivity index (χ0n) is 20.2. The number of likely N-dealkylation sites (N-methyl/N-ethyl adjacent to an activating group) is 2. The van der Waals surface area contributed by atoms with Crippen LogP contribution in [0.5, 0.6) is 0 Å². The minimum Gasteiger partial charge on any atom is -0.354 e. The molecule has 2 aliphatic carbocycles. The Hall–Kier alpha value is -0.530. The zero-order valence-corrected chi connectivity index (χ0v) is 21.0. The second kappa shape index (κ2) is 10.4. The molecule has 0 aromatic heterocycles.